The van der Waals surface area contributed by atoms with Crippen molar-refractivity contribution in [3.05, 3.63) is 29.8 Å². The second-order valence-corrected chi connectivity index (χ2v) is 3.91. The molecule has 4 N–H and O–H groups in total. The van der Waals surface area contributed by atoms with Gasteiger partial charge in [0.1, 0.15) is 23.7 Å². The van der Waals surface area contributed by atoms with Crippen molar-refractivity contribution in [2.75, 3.05) is 20.0 Å². The van der Waals surface area contributed by atoms with E-state index in [1.807, 2.05) is 0 Å². The van der Waals surface area contributed by atoms with Crippen LogP contribution in [0.4, 0.5) is 5.69 Å². The number of anilines is 1. The number of H-pyrrole nitrogens is 1. The Bertz CT molecular complexity index is 597. The predicted molar refractivity (Wildman–Crippen MR) is 71.5 cm³/mol. The molecule has 0 spiro atoms. The van der Waals surface area contributed by atoms with Crippen LogP contribution >= 0.6 is 0 Å². The van der Waals surface area contributed by atoms with Gasteiger partial charge in [0.25, 0.3) is 5.91 Å². The number of aromatic amines is 1. The van der Waals surface area contributed by atoms with E-state index in [0.717, 1.165) is 0 Å². The standard InChI is InChI=1S/C12H15N5O3/c1-19-7-3-8(11(13)9(4-7)20-2)12(18)14-5-10-15-6-16-17-10/h3-4,6H,5,13H2,1-2H3,(H,14,18)(H,15,16,17). The van der Waals surface area contributed by atoms with Gasteiger partial charge in [0.2, 0.25) is 0 Å². The van der Waals surface area contributed by atoms with E-state index in [1.54, 1.807) is 12.1 Å². The molecule has 20 heavy (non-hydrogen) atoms. The summed E-state index contributed by atoms with van der Waals surface area (Å²) in [5, 5.41) is 9.02. The zero-order valence-corrected chi connectivity index (χ0v) is 11.1. The molecule has 0 saturated heterocycles. The molecule has 1 aromatic heterocycles. The van der Waals surface area contributed by atoms with Crippen LogP contribution in [0.25, 0.3) is 0 Å². The number of hydrogen-bond acceptors (Lipinski definition) is 6. The van der Waals surface area contributed by atoms with Crippen molar-refractivity contribution in [1.82, 2.24) is 20.5 Å². The second-order valence-electron chi connectivity index (χ2n) is 3.91. The third-order valence-electron chi connectivity index (χ3n) is 2.70. The van der Waals surface area contributed by atoms with Crippen molar-refractivity contribution < 1.29 is 14.3 Å². The number of carbonyl (C=O) groups is 1. The molecule has 0 aliphatic heterocycles. The molecule has 0 saturated carbocycles. The molecule has 0 fully saturated rings. The normalized spacial score (nSPS) is 10.1. The lowest BCUT2D eigenvalue weighted by Crippen LogP contribution is -2.24. The Morgan fingerprint density at radius 2 is 2.20 bits per heavy atom. The van der Waals surface area contributed by atoms with E-state index < -0.39 is 0 Å². The van der Waals surface area contributed by atoms with Gasteiger partial charge in [-0.15, -0.1) is 0 Å². The monoisotopic (exact) mass is 277 g/mol. The summed E-state index contributed by atoms with van der Waals surface area (Å²) in [5.74, 6) is 1.07. The third-order valence-corrected chi connectivity index (χ3v) is 2.70. The first-order chi connectivity index (χ1) is 9.65. The largest absolute Gasteiger partial charge is 0.497 e. The Hall–Kier alpha value is -2.77. The quantitative estimate of drug-likeness (QED) is 0.678. The van der Waals surface area contributed by atoms with Crippen LogP contribution in [-0.4, -0.2) is 35.3 Å². The number of amides is 1. The van der Waals surface area contributed by atoms with Crippen molar-refractivity contribution in [1.29, 1.82) is 0 Å². The van der Waals surface area contributed by atoms with E-state index in [4.69, 9.17) is 15.2 Å². The molecular formula is C12H15N5O3. The van der Waals surface area contributed by atoms with E-state index >= 15 is 0 Å². The van der Waals surface area contributed by atoms with Gasteiger partial charge in [0.05, 0.1) is 32.0 Å². The lowest BCUT2D eigenvalue weighted by molar-refractivity contribution is 0.0950. The van der Waals surface area contributed by atoms with E-state index in [-0.39, 0.29) is 23.7 Å². The molecule has 106 valence electrons. The second kappa shape index (κ2) is 5.91. The summed E-state index contributed by atoms with van der Waals surface area (Å²) in [4.78, 5) is 16.0. The fourth-order valence-electron chi connectivity index (χ4n) is 1.65. The summed E-state index contributed by atoms with van der Waals surface area (Å²) in [7, 11) is 2.97. The molecule has 0 aliphatic carbocycles. The molecular weight excluding hydrogens is 262 g/mol. The number of rotatable bonds is 5. The molecule has 2 aromatic rings. The summed E-state index contributed by atoms with van der Waals surface area (Å²) < 4.78 is 10.2. The van der Waals surface area contributed by atoms with Crippen molar-refractivity contribution in [3.63, 3.8) is 0 Å². The summed E-state index contributed by atoms with van der Waals surface area (Å²) in [5.41, 5.74) is 6.42. The fourth-order valence-corrected chi connectivity index (χ4v) is 1.65. The highest BCUT2D eigenvalue weighted by Gasteiger charge is 2.16. The van der Waals surface area contributed by atoms with Gasteiger partial charge < -0.3 is 20.5 Å². The van der Waals surface area contributed by atoms with Gasteiger partial charge >= 0.3 is 0 Å². The number of ether oxygens (including phenoxy) is 2. The lowest BCUT2D eigenvalue weighted by Gasteiger charge is -2.12. The molecule has 0 aliphatic rings. The number of benzene rings is 1. The number of hydrogen-bond donors (Lipinski definition) is 3. The molecule has 2 rings (SSSR count). The fraction of sp³-hybridized carbons (Fsp3) is 0.250. The summed E-state index contributed by atoms with van der Waals surface area (Å²) >= 11 is 0. The van der Waals surface area contributed by atoms with E-state index in [9.17, 15) is 4.79 Å². The highest BCUT2D eigenvalue weighted by molar-refractivity contribution is 6.00. The van der Waals surface area contributed by atoms with Gasteiger partial charge in [0, 0.05) is 6.07 Å². The Kier molecular flexibility index (Phi) is 4.04. The van der Waals surface area contributed by atoms with E-state index in [0.29, 0.717) is 17.3 Å². The minimum Gasteiger partial charge on any atom is -0.497 e. The Morgan fingerprint density at radius 3 is 2.80 bits per heavy atom. The first-order valence-electron chi connectivity index (χ1n) is 5.79. The maximum absolute atomic E-state index is 12.1. The molecule has 1 amide bonds. The number of aromatic nitrogens is 3. The van der Waals surface area contributed by atoms with Gasteiger partial charge in [-0.2, -0.15) is 5.10 Å². The van der Waals surface area contributed by atoms with Crippen LogP contribution in [-0.2, 0) is 6.54 Å². The first kappa shape index (κ1) is 13.7. The highest BCUT2D eigenvalue weighted by atomic mass is 16.5. The average Bonchev–Trinajstić information content (AvgIpc) is 2.98. The molecule has 1 aromatic carbocycles. The predicted octanol–water partition coefficient (Wildman–Crippen LogP) is 0.334. The topological polar surface area (TPSA) is 115 Å². The molecule has 8 heteroatoms. The first-order valence-corrected chi connectivity index (χ1v) is 5.79. The SMILES string of the molecule is COc1cc(OC)c(N)c(C(=O)NCc2ncn[nH]2)c1. The molecule has 8 nitrogen and oxygen atoms in total. The summed E-state index contributed by atoms with van der Waals surface area (Å²) in [6, 6.07) is 3.16. The number of carbonyl (C=O) groups excluding carboxylic acids is 1. The lowest BCUT2D eigenvalue weighted by atomic mass is 10.1. The average molecular weight is 277 g/mol. The van der Waals surface area contributed by atoms with Crippen LogP contribution in [0.2, 0.25) is 0 Å². The van der Waals surface area contributed by atoms with Crippen LogP contribution in [0.1, 0.15) is 16.2 Å². The number of nitrogen functional groups attached to an aromatic ring is 1. The summed E-state index contributed by atoms with van der Waals surface area (Å²) in [6.45, 7) is 0.220. The van der Waals surface area contributed by atoms with Gasteiger partial charge in [0.15, 0.2) is 0 Å². The summed E-state index contributed by atoms with van der Waals surface area (Å²) in [6.07, 6.45) is 1.37. The maximum atomic E-state index is 12.1. The smallest absolute Gasteiger partial charge is 0.254 e. The van der Waals surface area contributed by atoms with Crippen LogP contribution in [0.5, 0.6) is 11.5 Å². The number of nitrogens with one attached hydrogen (secondary N) is 2. The van der Waals surface area contributed by atoms with Crippen molar-refractivity contribution >= 4 is 11.6 Å². The molecule has 0 radical (unpaired) electrons. The Balaban J connectivity index is 2.20. The van der Waals surface area contributed by atoms with Gasteiger partial charge in [-0.1, -0.05) is 0 Å². The molecule has 0 unspecified atom stereocenters. The van der Waals surface area contributed by atoms with Gasteiger partial charge in [-0.3, -0.25) is 9.89 Å². The van der Waals surface area contributed by atoms with Gasteiger partial charge in [-0.05, 0) is 6.07 Å². The van der Waals surface area contributed by atoms with Crippen LogP contribution in [0, 0.1) is 0 Å². The van der Waals surface area contributed by atoms with E-state index in [1.165, 1.54) is 20.5 Å². The number of nitrogens with zero attached hydrogens (tertiary/aromatic N) is 2. The molecule has 0 bridgehead atoms. The van der Waals surface area contributed by atoms with Crippen molar-refractivity contribution in [2.24, 2.45) is 0 Å². The number of nitrogens with two attached hydrogens (primary N) is 1. The minimum atomic E-state index is -0.351. The van der Waals surface area contributed by atoms with E-state index in [2.05, 4.69) is 20.5 Å². The zero-order valence-electron chi connectivity index (χ0n) is 11.1. The van der Waals surface area contributed by atoms with Gasteiger partial charge in [-0.25, -0.2) is 4.98 Å². The minimum absolute atomic E-state index is 0.220. The van der Waals surface area contributed by atoms with Crippen LogP contribution < -0.4 is 20.5 Å². The highest BCUT2D eigenvalue weighted by Crippen LogP contribution is 2.30. The Morgan fingerprint density at radius 1 is 1.40 bits per heavy atom. The Labute approximate surface area is 115 Å². The van der Waals surface area contributed by atoms with Crippen molar-refractivity contribution in [3.8, 4) is 11.5 Å². The maximum Gasteiger partial charge on any atom is 0.254 e. The van der Waals surface area contributed by atoms with Crippen LogP contribution in [0.15, 0.2) is 18.5 Å². The van der Waals surface area contributed by atoms with Crippen LogP contribution in [0.3, 0.4) is 0 Å². The third kappa shape index (κ3) is 2.79. The molecule has 1 heterocycles. The number of methoxy groups -OCH3 is 2. The molecule has 0 atom stereocenters. The van der Waals surface area contributed by atoms with Crippen molar-refractivity contribution in [2.45, 2.75) is 6.54 Å². The zero-order chi connectivity index (χ0) is 14.5.